The second kappa shape index (κ2) is 5.86. The Morgan fingerprint density at radius 1 is 1.50 bits per heavy atom. The zero-order valence-corrected chi connectivity index (χ0v) is 12.9. The molecule has 18 heavy (non-hydrogen) atoms. The quantitative estimate of drug-likeness (QED) is 0.665. The van der Waals surface area contributed by atoms with Crippen LogP contribution in [0.15, 0.2) is 39.7 Å². The number of nitrogen functional groups attached to an aromatic ring is 1. The summed E-state index contributed by atoms with van der Waals surface area (Å²) in [6.45, 7) is 8.06. The summed E-state index contributed by atoms with van der Waals surface area (Å²) in [7, 11) is -3.52. The maximum absolute atomic E-state index is 12.4. The largest absolute Gasteiger partial charge is 0.399 e. The number of sulfonamides is 1. The standard InChI is InChI=1S/C12H17BrN2O2S/c1-4-15(8-9(2)3)18(16,17)12-6-5-10(14)7-11(12)13/h5-7H,2,4,8,14H2,1,3H3. The summed E-state index contributed by atoms with van der Waals surface area (Å²) in [6, 6.07) is 4.67. The van der Waals surface area contributed by atoms with E-state index >= 15 is 0 Å². The third-order valence-corrected chi connectivity index (χ3v) is 5.27. The van der Waals surface area contributed by atoms with Crippen molar-refractivity contribution >= 4 is 31.6 Å². The molecular weight excluding hydrogens is 316 g/mol. The molecule has 0 saturated carbocycles. The topological polar surface area (TPSA) is 63.4 Å². The van der Waals surface area contributed by atoms with Crippen LogP contribution in [-0.2, 0) is 10.0 Å². The number of likely N-dealkylation sites (N-methyl/N-ethyl adjacent to an activating group) is 1. The van der Waals surface area contributed by atoms with Gasteiger partial charge in [0.05, 0.1) is 4.90 Å². The van der Waals surface area contributed by atoms with Gasteiger partial charge < -0.3 is 5.73 Å². The van der Waals surface area contributed by atoms with Gasteiger partial charge in [0.2, 0.25) is 10.0 Å². The van der Waals surface area contributed by atoms with E-state index in [1.165, 1.54) is 10.4 Å². The third kappa shape index (κ3) is 3.34. The van der Waals surface area contributed by atoms with E-state index in [-0.39, 0.29) is 4.90 Å². The summed E-state index contributed by atoms with van der Waals surface area (Å²) in [5.41, 5.74) is 6.92. The van der Waals surface area contributed by atoms with Gasteiger partial charge in [-0.05, 0) is 41.1 Å². The summed E-state index contributed by atoms with van der Waals surface area (Å²) in [4.78, 5) is 0.222. The summed E-state index contributed by atoms with van der Waals surface area (Å²) < 4.78 is 26.7. The van der Waals surface area contributed by atoms with Crippen molar-refractivity contribution in [2.24, 2.45) is 0 Å². The van der Waals surface area contributed by atoms with Gasteiger partial charge in [0, 0.05) is 23.2 Å². The average Bonchev–Trinajstić information content (AvgIpc) is 2.24. The lowest BCUT2D eigenvalue weighted by molar-refractivity contribution is 0.452. The molecular formula is C12H17BrN2O2S. The number of hydrogen-bond donors (Lipinski definition) is 1. The van der Waals surface area contributed by atoms with Crippen LogP contribution in [-0.4, -0.2) is 25.8 Å². The fourth-order valence-electron chi connectivity index (χ4n) is 1.53. The molecule has 100 valence electrons. The number of halogens is 1. The molecule has 0 atom stereocenters. The van der Waals surface area contributed by atoms with E-state index in [4.69, 9.17) is 5.73 Å². The lowest BCUT2D eigenvalue weighted by Crippen LogP contribution is -2.32. The summed E-state index contributed by atoms with van der Waals surface area (Å²) in [6.07, 6.45) is 0. The van der Waals surface area contributed by atoms with Gasteiger partial charge in [-0.15, -0.1) is 0 Å². The van der Waals surface area contributed by atoms with Crippen LogP contribution in [0.5, 0.6) is 0 Å². The SMILES string of the molecule is C=C(C)CN(CC)S(=O)(=O)c1ccc(N)cc1Br. The normalized spacial score (nSPS) is 11.8. The first-order chi connectivity index (χ1) is 8.28. The molecule has 0 heterocycles. The van der Waals surface area contributed by atoms with Crippen LogP contribution in [0.2, 0.25) is 0 Å². The van der Waals surface area contributed by atoms with Gasteiger partial charge in [0.1, 0.15) is 0 Å². The molecule has 0 spiro atoms. The molecule has 2 N–H and O–H groups in total. The van der Waals surface area contributed by atoms with E-state index in [1.807, 2.05) is 0 Å². The minimum absolute atomic E-state index is 0.222. The highest BCUT2D eigenvalue weighted by atomic mass is 79.9. The number of anilines is 1. The number of nitrogens with zero attached hydrogens (tertiary/aromatic N) is 1. The fourth-order valence-corrected chi connectivity index (χ4v) is 4.10. The molecule has 0 aliphatic rings. The Kier molecular flexibility index (Phi) is 4.95. The van der Waals surface area contributed by atoms with E-state index in [2.05, 4.69) is 22.5 Å². The van der Waals surface area contributed by atoms with Crippen molar-refractivity contribution in [3.8, 4) is 0 Å². The first-order valence-corrected chi connectivity index (χ1v) is 7.72. The van der Waals surface area contributed by atoms with Crippen LogP contribution in [0.1, 0.15) is 13.8 Å². The summed E-state index contributed by atoms with van der Waals surface area (Å²) in [5.74, 6) is 0. The van der Waals surface area contributed by atoms with E-state index in [1.54, 1.807) is 26.0 Å². The molecule has 0 amide bonds. The highest BCUT2D eigenvalue weighted by Gasteiger charge is 2.25. The predicted octanol–water partition coefficient (Wildman–Crippen LogP) is 2.62. The molecule has 0 aromatic heterocycles. The Labute approximate surface area is 117 Å². The predicted molar refractivity (Wildman–Crippen MR) is 77.8 cm³/mol. The summed E-state index contributed by atoms with van der Waals surface area (Å²) in [5, 5.41) is 0. The molecule has 0 bridgehead atoms. The Morgan fingerprint density at radius 2 is 2.11 bits per heavy atom. The van der Waals surface area contributed by atoms with Gasteiger partial charge in [-0.25, -0.2) is 8.42 Å². The van der Waals surface area contributed by atoms with Crippen LogP contribution in [0.3, 0.4) is 0 Å². The van der Waals surface area contributed by atoms with Crippen LogP contribution in [0.4, 0.5) is 5.69 Å². The second-order valence-corrected chi connectivity index (χ2v) is 6.84. The van der Waals surface area contributed by atoms with E-state index in [0.717, 1.165) is 5.57 Å². The lowest BCUT2D eigenvalue weighted by Gasteiger charge is -2.21. The molecule has 0 unspecified atom stereocenters. The molecule has 0 aliphatic carbocycles. The maximum atomic E-state index is 12.4. The van der Waals surface area contributed by atoms with Crippen molar-refractivity contribution in [2.45, 2.75) is 18.7 Å². The van der Waals surface area contributed by atoms with Crippen LogP contribution < -0.4 is 5.73 Å². The van der Waals surface area contributed by atoms with E-state index in [9.17, 15) is 8.42 Å². The van der Waals surface area contributed by atoms with Crippen molar-refractivity contribution in [3.63, 3.8) is 0 Å². The highest BCUT2D eigenvalue weighted by Crippen LogP contribution is 2.27. The Morgan fingerprint density at radius 3 is 2.56 bits per heavy atom. The average molecular weight is 333 g/mol. The number of benzene rings is 1. The van der Waals surface area contributed by atoms with Crippen LogP contribution in [0.25, 0.3) is 0 Å². The molecule has 1 rings (SSSR count). The van der Waals surface area contributed by atoms with E-state index < -0.39 is 10.0 Å². The molecule has 1 aromatic carbocycles. The third-order valence-electron chi connectivity index (χ3n) is 2.37. The van der Waals surface area contributed by atoms with Crippen molar-refractivity contribution in [3.05, 3.63) is 34.8 Å². The minimum Gasteiger partial charge on any atom is -0.399 e. The fraction of sp³-hybridized carbons (Fsp3) is 0.333. The second-order valence-electron chi connectivity index (χ2n) is 4.08. The molecule has 1 aromatic rings. The van der Waals surface area contributed by atoms with Gasteiger partial charge in [0.15, 0.2) is 0 Å². The van der Waals surface area contributed by atoms with Gasteiger partial charge in [-0.1, -0.05) is 19.1 Å². The highest BCUT2D eigenvalue weighted by molar-refractivity contribution is 9.10. The molecule has 4 nitrogen and oxygen atoms in total. The molecule has 0 radical (unpaired) electrons. The van der Waals surface area contributed by atoms with Gasteiger partial charge >= 0.3 is 0 Å². The smallest absolute Gasteiger partial charge is 0.244 e. The van der Waals surface area contributed by atoms with Gasteiger partial charge in [0.25, 0.3) is 0 Å². The van der Waals surface area contributed by atoms with Gasteiger partial charge in [-0.3, -0.25) is 0 Å². The first kappa shape index (κ1) is 15.2. The number of nitrogens with two attached hydrogens (primary N) is 1. The van der Waals surface area contributed by atoms with Crippen molar-refractivity contribution in [2.75, 3.05) is 18.8 Å². The van der Waals surface area contributed by atoms with Crippen molar-refractivity contribution in [1.82, 2.24) is 4.31 Å². The van der Waals surface area contributed by atoms with Crippen molar-refractivity contribution in [1.29, 1.82) is 0 Å². The Bertz CT molecular complexity index is 555. The van der Waals surface area contributed by atoms with Crippen LogP contribution >= 0.6 is 15.9 Å². The number of rotatable bonds is 5. The zero-order chi connectivity index (χ0) is 13.9. The molecule has 0 fully saturated rings. The minimum atomic E-state index is -3.52. The number of hydrogen-bond acceptors (Lipinski definition) is 3. The Balaban J connectivity index is 3.23. The van der Waals surface area contributed by atoms with E-state index in [0.29, 0.717) is 23.2 Å². The Hall–Kier alpha value is -0.850. The monoisotopic (exact) mass is 332 g/mol. The summed E-state index contributed by atoms with van der Waals surface area (Å²) >= 11 is 3.24. The molecule has 0 saturated heterocycles. The van der Waals surface area contributed by atoms with Crippen molar-refractivity contribution < 1.29 is 8.42 Å². The molecule has 0 aliphatic heterocycles. The first-order valence-electron chi connectivity index (χ1n) is 5.48. The zero-order valence-electron chi connectivity index (χ0n) is 10.5. The maximum Gasteiger partial charge on any atom is 0.244 e. The lowest BCUT2D eigenvalue weighted by atomic mass is 10.3. The molecule has 6 heteroatoms. The van der Waals surface area contributed by atoms with Crippen LogP contribution in [0, 0.1) is 0 Å². The van der Waals surface area contributed by atoms with Gasteiger partial charge in [-0.2, -0.15) is 4.31 Å².